The molecule has 0 aromatic carbocycles. The van der Waals surface area contributed by atoms with Gasteiger partial charge >= 0.3 is 0 Å². The van der Waals surface area contributed by atoms with Gasteiger partial charge in [0.1, 0.15) is 0 Å². The molecule has 17 heavy (non-hydrogen) atoms. The molecule has 1 atom stereocenters. The van der Waals surface area contributed by atoms with Gasteiger partial charge in [-0.1, -0.05) is 20.8 Å². The van der Waals surface area contributed by atoms with E-state index in [9.17, 15) is 4.79 Å². The summed E-state index contributed by atoms with van der Waals surface area (Å²) in [5.74, 6) is 0.188. The lowest BCUT2D eigenvalue weighted by Gasteiger charge is -2.08. The summed E-state index contributed by atoms with van der Waals surface area (Å²) in [7, 11) is 0. The van der Waals surface area contributed by atoms with Crippen molar-refractivity contribution in [2.24, 2.45) is 0 Å². The minimum Gasteiger partial charge on any atom is -0.308 e. The maximum atomic E-state index is 11.7. The Morgan fingerprint density at radius 2 is 2.18 bits per heavy atom. The fourth-order valence-electron chi connectivity index (χ4n) is 1.49. The lowest BCUT2D eigenvalue weighted by Crippen LogP contribution is -2.30. The molecule has 0 amide bonds. The van der Waals surface area contributed by atoms with E-state index < -0.39 is 0 Å². The third-order valence-corrected chi connectivity index (χ3v) is 2.79. The maximum Gasteiger partial charge on any atom is 0.152 e. The highest BCUT2D eigenvalue weighted by Gasteiger charge is 2.09. The van der Waals surface area contributed by atoms with Crippen LogP contribution in [0.4, 0.5) is 0 Å². The number of Topliss-reactive ketones (excluding diaryl/α,β-unsaturated/α-hetero) is 1. The highest BCUT2D eigenvalue weighted by atomic mass is 16.1. The van der Waals surface area contributed by atoms with Crippen LogP contribution in [-0.4, -0.2) is 28.2 Å². The predicted octanol–water partition coefficient (Wildman–Crippen LogP) is 1.96. The van der Waals surface area contributed by atoms with E-state index in [1.54, 1.807) is 0 Å². The van der Waals surface area contributed by atoms with Gasteiger partial charge in [0.25, 0.3) is 0 Å². The van der Waals surface area contributed by atoms with Gasteiger partial charge in [-0.25, -0.2) is 0 Å². The summed E-state index contributed by atoms with van der Waals surface area (Å²) in [5, 5.41) is 7.54. The van der Waals surface area contributed by atoms with Crippen molar-refractivity contribution in [2.75, 3.05) is 6.54 Å². The molecule has 1 aromatic rings. The van der Waals surface area contributed by atoms with Crippen LogP contribution in [0, 0.1) is 0 Å². The average molecular weight is 237 g/mol. The fourth-order valence-corrected chi connectivity index (χ4v) is 1.49. The van der Waals surface area contributed by atoms with Crippen LogP contribution in [0.1, 0.15) is 45.9 Å². The largest absolute Gasteiger partial charge is 0.308 e. The van der Waals surface area contributed by atoms with Gasteiger partial charge in [-0.3, -0.25) is 9.48 Å². The molecule has 4 nitrogen and oxygen atoms in total. The predicted molar refractivity (Wildman–Crippen MR) is 69.1 cm³/mol. The summed E-state index contributed by atoms with van der Waals surface area (Å²) in [5.41, 5.74) is 0.862. The number of hydrogen-bond donors (Lipinski definition) is 1. The zero-order valence-electron chi connectivity index (χ0n) is 11.2. The Labute approximate surface area is 103 Å². The second-order valence-electron chi connectivity index (χ2n) is 4.80. The third-order valence-electron chi connectivity index (χ3n) is 2.79. The van der Waals surface area contributed by atoms with Crippen molar-refractivity contribution in [1.82, 2.24) is 15.1 Å². The topological polar surface area (TPSA) is 46.9 Å². The molecule has 96 valence electrons. The minimum absolute atomic E-state index is 0.188. The van der Waals surface area contributed by atoms with E-state index >= 15 is 0 Å². The second-order valence-corrected chi connectivity index (χ2v) is 4.80. The van der Waals surface area contributed by atoms with Crippen molar-refractivity contribution in [3.05, 3.63) is 18.0 Å². The lowest BCUT2D eigenvalue weighted by molar-refractivity contribution is -0.117. The quantitative estimate of drug-likeness (QED) is 0.788. The Kier molecular flexibility index (Phi) is 5.35. The van der Waals surface area contributed by atoms with E-state index in [4.69, 9.17) is 0 Å². The summed E-state index contributed by atoms with van der Waals surface area (Å²) in [6.07, 6.45) is 3.42. The van der Waals surface area contributed by atoms with E-state index in [0.29, 0.717) is 25.0 Å². The molecule has 1 aromatic heterocycles. The zero-order chi connectivity index (χ0) is 12.8. The van der Waals surface area contributed by atoms with Gasteiger partial charge in [0.15, 0.2) is 5.78 Å². The number of carbonyl (C=O) groups is 1. The lowest BCUT2D eigenvalue weighted by atomic mass is 10.2. The van der Waals surface area contributed by atoms with E-state index in [1.807, 2.05) is 30.8 Å². The van der Waals surface area contributed by atoms with Gasteiger partial charge in [0.05, 0.1) is 18.7 Å². The first-order chi connectivity index (χ1) is 8.02. The van der Waals surface area contributed by atoms with Gasteiger partial charge in [-0.05, 0) is 19.4 Å². The third kappa shape index (κ3) is 4.69. The van der Waals surface area contributed by atoms with Crippen molar-refractivity contribution >= 4 is 5.78 Å². The summed E-state index contributed by atoms with van der Waals surface area (Å²) in [6, 6.07) is 2.67. The number of nitrogens with zero attached hydrogens (tertiary/aromatic N) is 2. The first kappa shape index (κ1) is 13.9. The smallest absolute Gasteiger partial charge is 0.152 e. The number of rotatable bonds is 7. The van der Waals surface area contributed by atoms with Gasteiger partial charge < -0.3 is 5.32 Å². The normalized spacial score (nSPS) is 13.0. The Morgan fingerprint density at radius 1 is 1.47 bits per heavy atom. The highest BCUT2D eigenvalue weighted by Crippen LogP contribution is 2.09. The highest BCUT2D eigenvalue weighted by molar-refractivity contribution is 5.82. The summed E-state index contributed by atoms with van der Waals surface area (Å²) >= 11 is 0. The molecule has 1 N–H and O–H groups in total. The number of carbonyl (C=O) groups excluding carboxylic acids is 1. The Hall–Kier alpha value is -1.16. The van der Waals surface area contributed by atoms with E-state index in [1.165, 1.54) is 0 Å². The Bertz CT molecular complexity index is 357. The van der Waals surface area contributed by atoms with Crippen LogP contribution in [0.25, 0.3) is 0 Å². The second kappa shape index (κ2) is 6.55. The van der Waals surface area contributed by atoms with Crippen LogP contribution in [0.3, 0.4) is 0 Å². The van der Waals surface area contributed by atoms with Crippen LogP contribution < -0.4 is 5.32 Å². The van der Waals surface area contributed by atoms with Gasteiger partial charge in [0.2, 0.25) is 0 Å². The molecule has 1 unspecified atom stereocenters. The number of aromatic nitrogens is 2. The van der Waals surface area contributed by atoms with Crippen LogP contribution in [0.5, 0.6) is 0 Å². The van der Waals surface area contributed by atoms with Gasteiger partial charge in [-0.2, -0.15) is 5.10 Å². The van der Waals surface area contributed by atoms with E-state index in [2.05, 4.69) is 24.3 Å². The van der Waals surface area contributed by atoms with Crippen LogP contribution in [0.2, 0.25) is 0 Å². The average Bonchev–Trinajstić information content (AvgIpc) is 2.73. The summed E-state index contributed by atoms with van der Waals surface area (Å²) < 4.78 is 1.93. The van der Waals surface area contributed by atoms with Crippen molar-refractivity contribution in [1.29, 1.82) is 0 Å². The van der Waals surface area contributed by atoms with Crippen LogP contribution in [0.15, 0.2) is 12.3 Å². The molecule has 0 aliphatic rings. The molecule has 0 fully saturated rings. The Morgan fingerprint density at radius 3 is 2.76 bits per heavy atom. The van der Waals surface area contributed by atoms with E-state index in [-0.39, 0.29) is 5.78 Å². The Balaban J connectivity index is 2.46. The monoisotopic (exact) mass is 237 g/mol. The first-order valence-electron chi connectivity index (χ1n) is 6.32. The van der Waals surface area contributed by atoms with E-state index in [0.717, 1.165) is 12.1 Å². The fraction of sp³-hybridized carbons (Fsp3) is 0.692. The number of ketones is 1. The summed E-state index contributed by atoms with van der Waals surface area (Å²) in [4.78, 5) is 11.7. The molecular formula is C13H23N3O. The molecule has 0 bridgehead atoms. The maximum absolute atomic E-state index is 11.7. The van der Waals surface area contributed by atoms with Crippen LogP contribution in [-0.2, 0) is 11.2 Å². The molecule has 0 radical (unpaired) electrons. The minimum atomic E-state index is 0.188. The van der Waals surface area contributed by atoms with Crippen molar-refractivity contribution < 1.29 is 4.79 Å². The number of nitrogens with one attached hydrogen (secondary N) is 1. The summed E-state index contributed by atoms with van der Waals surface area (Å²) in [6.45, 7) is 8.74. The number of hydrogen-bond acceptors (Lipinski definition) is 3. The van der Waals surface area contributed by atoms with Crippen molar-refractivity contribution in [3.8, 4) is 0 Å². The van der Waals surface area contributed by atoms with Gasteiger partial charge in [0, 0.05) is 18.3 Å². The molecule has 0 spiro atoms. The van der Waals surface area contributed by atoms with Crippen LogP contribution >= 0.6 is 0 Å². The van der Waals surface area contributed by atoms with Crippen molar-refractivity contribution in [3.63, 3.8) is 0 Å². The zero-order valence-corrected chi connectivity index (χ0v) is 11.2. The molecule has 0 aliphatic heterocycles. The molecule has 0 saturated carbocycles. The van der Waals surface area contributed by atoms with Gasteiger partial charge in [-0.15, -0.1) is 0 Å². The SMILES string of the molecule is CCC(C)n1ccc(CC(=O)CNC(C)C)n1. The molecule has 0 aliphatic carbocycles. The molecule has 1 heterocycles. The van der Waals surface area contributed by atoms with Crippen molar-refractivity contribution in [2.45, 2.75) is 52.6 Å². The molecule has 0 saturated heterocycles. The molecule has 4 heteroatoms. The molecule has 1 rings (SSSR count). The standard InChI is InChI=1S/C13H23N3O/c1-5-11(4)16-7-6-12(15-16)8-13(17)9-14-10(2)3/h6-7,10-11,14H,5,8-9H2,1-4H3. The molecular weight excluding hydrogens is 214 g/mol. The first-order valence-corrected chi connectivity index (χ1v) is 6.32.